The molecule has 1 aromatic carbocycles. The molecule has 2 N–H and O–H groups in total. The van der Waals surface area contributed by atoms with Gasteiger partial charge in [0.2, 0.25) is 0 Å². The van der Waals surface area contributed by atoms with E-state index in [0.717, 1.165) is 22.0 Å². The fraction of sp³-hybridized carbons (Fsp3) is 0.182. The number of thiazole rings is 1. The van der Waals surface area contributed by atoms with Crippen molar-refractivity contribution in [2.75, 3.05) is 12.8 Å². The third-order valence-corrected chi connectivity index (χ3v) is 3.21. The minimum atomic E-state index is 0.640. The van der Waals surface area contributed by atoms with Crippen LogP contribution in [0.2, 0.25) is 5.02 Å². The second kappa shape index (κ2) is 4.31. The number of aromatic nitrogens is 1. The molecule has 0 amide bonds. The van der Waals surface area contributed by atoms with Crippen LogP contribution in [0.25, 0.3) is 11.3 Å². The van der Waals surface area contributed by atoms with Crippen molar-refractivity contribution < 1.29 is 4.74 Å². The largest absolute Gasteiger partial charge is 0.496 e. The molecule has 0 unspecified atom stereocenters. The van der Waals surface area contributed by atoms with Crippen molar-refractivity contribution in [3.05, 3.63) is 28.2 Å². The number of hydrogen-bond donors (Lipinski definition) is 1. The quantitative estimate of drug-likeness (QED) is 0.894. The summed E-state index contributed by atoms with van der Waals surface area (Å²) in [6.45, 7) is 1.92. The van der Waals surface area contributed by atoms with Gasteiger partial charge in [0.25, 0.3) is 0 Å². The van der Waals surface area contributed by atoms with Crippen LogP contribution in [0.4, 0.5) is 5.00 Å². The summed E-state index contributed by atoms with van der Waals surface area (Å²) in [6.07, 6.45) is 0. The molecule has 0 aliphatic rings. The van der Waals surface area contributed by atoms with Crippen molar-refractivity contribution in [3.63, 3.8) is 0 Å². The fourth-order valence-corrected chi connectivity index (χ4v) is 2.38. The van der Waals surface area contributed by atoms with Crippen LogP contribution in [0.3, 0.4) is 0 Å². The van der Waals surface area contributed by atoms with Crippen LogP contribution in [-0.4, -0.2) is 12.1 Å². The third kappa shape index (κ3) is 1.99. The van der Waals surface area contributed by atoms with E-state index in [-0.39, 0.29) is 0 Å². The molecule has 16 heavy (non-hydrogen) atoms. The standard InChI is InChI=1S/C11H11ClN2OS/c1-6-14-10(11(13)16-6)8-5-7(12)3-4-9(8)15-2/h3-5H,13H2,1-2H3. The molecule has 0 bridgehead atoms. The van der Waals surface area contributed by atoms with E-state index in [9.17, 15) is 0 Å². The first-order chi connectivity index (χ1) is 7.61. The van der Waals surface area contributed by atoms with Gasteiger partial charge in [0.15, 0.2) is 0 Å². The molecule has 0 aliphatic heterocycles. The van der Waals surface area contributed by atoms with Crippen molar-refractivity contribution in [2.45, 2.75) is 6.92 Å². The monoisotopic (exact) mass is 254 g/mol. The maximum atomic E-state index is 5.96. The van der Waals surface area contributed by atoms with Gasteiger partial charge in [-0.3, -0.25) is 0 Å². The molecule has 0 saturated carbocycles. The van der Waals surface area contributed by atoms with Crippen LogP contribution in [0.5, 0.6) is 5.75 Å². The summed E-state index contributed by atoms with van der Waals surface area (Å²) in [5.41, 5.74) is 7.47. The van der Waals surface area contributed by atoms with Crippen LogP contribution < -0.4 is 10.5 Å². The molecule has 2 aromatic rings. The van der Waals surface area contributed by atoms with Crippen LogP contribution in [0.1, 0.15) is 5.01 Å². The Labute approximate surface area is 103 Å². The first kappa shape index (κ1) is 11.2. The van der Waals surface area contributed by atoms with Crippen LogP contribution in [-0.2, 0) is 0 Å². The summed E-state index contributed by atoms with van der Waals surface area (Å²) >= 11 is 7.42. The Morgan fingerprint density at radius 3 is 2.75 bits per heavy atom. The Morgan fingerprint density at radius 2 is 2.19 bits per heavy atom. The number of anilines is 1. The zero-order chi connectivity index (χ0) is 11.7. The average Bonchev–Trinajstić information content (AvgIpc) is 2.57. The molecular weight excluding hydrogens is 244 g/mol. The first-order valence-corrected chi connectivity index (χ1v) is 5.88. The van der Waals surface area contributed by atoms with E-state index in [1.807, 2.05) is 19.1 Å². The molecule has 0 aliphatic carbocycles. The molecule has 0 spiro atoms. The second-order valence-corrected chi connectivity index (χ2v) is 4.96. The predicted molar refractivity (Wildman–Crippen MR) is 68.3 cm³/mol. The van der Waals surface area contributed by atoms with E-state index in [1.165, 1.54) is 11.3 Å². The number of aryl methyl sites for hydroxylation is 1. The van der Waals surface area contributed by atoms with Crippen molar-refractivity contribution in [1.29, 1.82) is 0 Å². The van der Waals surface area contributed by atoms with Gasteiger partial charge in [-0.25, -0.2) is 4.98 Å². The Morgan fingerprint density at radius 1 is 1.44 bits per heavy atom. The number of halogens is 1. The van der Waals surface area contributed by atoms with Gasteiger partial charge in [0.1, 0.15) is 16.4 Å². The van der Waals surface area contributed by atoms with Crippen molar-refractivity contribution >= 4 is 27.9 Å². The first-order valence-electron chi connectivity index (χ1n) is 4.68. The Bertz CT molecular complexity index is 525. The average molecular weight is 255 g/mol. The lowest BCUT2D eigenvalue weighted by molar-refractivity contribution is 0.416. The van der Waals surface area contributed by atoms with Crippen molar-refractivity contribution in [3.8, 4) is 17.0 Å². The van der Waals surface area contributed by atoms with Gasteiger partial charge in [-0.15, -0.1) is 11.3 Å². The Hall–Kier alpha value is -1.26. The Kier molecular flexibility index (Phi) is 3.03. The van der Waals surface area contributed by atoms with E-state index in [2.05, 4.69) is 4.98 Å². The second-order valence-electron chi connectivity index (χ2n) is 3.29. The zero-order valence-corrected chi connectivity index (χ0v) is 10.5. The lowest BCUT2D eigenvalue weighted by atomic mass is 10.1. The molecule has 0 saturated heterocycles. The summed E-state index contributed by atoms with van der Waals surface area (Å²) in [6, 6.07) is 5.40. The summed E-state index contributed by atoms with van der Waals surface area (Å²) in [5.74, 6) is 0.724. The molecule has 1 aromatic heterocycles. The van der Waals surface area contributed by atoms with E-state index >= 15 is 0 Å². The highest BCUT2D eigenvalue weighted by molar-refractivity contribution is 7.16. The molecule has 0 fully saturated rings. The van der Waals surface area contributed by atoms with E-state index in [4.69, 9.17) is 22.1 Å². The maximum Gasteiger partial charge on any atom is 0.128 e. The van der Waals surface area contributed by atoms with Gasteiger partial charge in [-0.1, -0.05) is 11.6 Å². The van der Waals surface area contributed by atoms with Crippen molar-refractivity contribution in [2.24, 2.45) is 0 Å². The molecule has 0 radical (unpaired) electrons. The van der Waals surface area contributed by atoms with Crippen LogP contribution >= 0.6 is 22.9 Å². The lowest BCUT2D eigenvalue weighted by Crippen LogP contribution is -1.91. The molecule has 5 heteroatoms. The van der Waals surface area contributed by atoms with Gasteiger partial charge in [-0.2, -0.15) is 0 Å². The smallest absolute Gasteiger partial charge is 0.128 e. The van der Waals surface area contributed by atoms with E-state index in [0.29, 0.717) is 10.0 Å². The number of nitrogens with zero attached hydrogens (tertiary/aromatic N) is 1. The highest BCUT2D eigenvalue weighted by Crippen LogP contribution is 2.37. The fourth-order valence-electron chi connectivity index (χ4n) is 1.50. The van der Waals surface area contributed by atoms with Gasteiger partial charge in [0.05, 0.1) is 12.1 Å². The highest BCUT2D eigenvalue weighted by Gasteiger charge is 2.13. The number of nitrogens with two attached hydrogens (primary N) is 1. The van der Waals surface area contributed by atoms with E-state index in [1.54, 1.807) is 13.2 Å². The molecule has 1 heterocycles. The lowest BCUT2D eigenvalue weighted by Gasteiger charge is -2.07. The number of hydrogen-bond acceptors (Lipinski definition) is 4. The molecule has 3 nitrogen and oxygen atoms in total. The molecule has 84 valence electrons. The summed E-state index contributed by atoms with van der Waals surface area (Å²) in [4.78, 5) is 4.39. The number of ether oxygens (including phenoxy) is 1. The predicted octanol–water partition coefficient (Wildman–Crippen LogP) is 3.36. The number of rotatable bonds is 2. The highest BCUT2D eigenvalue weighted by atomic mass is 35.5. The number of nitrogen functional groups attached to an aromatic ring is 1. The zero-order valence-electron chi connectivity index (χ0n) is 8.95. The van der Waals surface area contributed by atoms with Gasteiger partial charge >= 0.3 is 0 Å². The minimum absolute atomic E-state index is 0.640. The topological polar surface area (TPSA) is 48.1 Å². The number of benzene rings is 1. The normalized spacial score (nSPS) is 10.4. The van der Waals surface area contributed by atoms with Gasteiger partial charge < -0.3 is 10.5 Å². The summed E-state index contributed by atoms with van der Waals surface area (Å²) < 4.78 is 5.27. The van der Waals surface area contributed by atoms with Crippen LogP contribution in [0, 0.1) is 6.92 Å². The SMILES string of the molecule is COc1ccc(Cl)cc1-c1nc(C)sc1N. The van der Waals surface area contributed by atoms with Crippen LogP contribution in [0.15, 0.2) is 18.2 Å². The van der Waals surface area contributed by atoms with Gasteiger partial charge in [0, 0.05) is 10.6 Å². The Balaban J connectivity index is 2.62. The molecule has 0 atom stereocenters. The maximum absolute atomic E-state index is 5.96. The summed E-state index contributed by atoms with van der Waals surface area (Å²) in [5, 5.41) is 2.24. The molecule has 2 rings (SSSR count). The third-order valence-electron chi connectivity index (χ3n) is 2.18. The van der Waals surface area contributed by atoms with E-state index < -0.39 is 0 Å². The number of methoxy groups -OCH3 is 1. The molecular formula is C11H11ClN2OS. The van der Waals surface area contributed by atoms with Gasteiger partial charge in [-0.05, 0) is 25.1 Å². The van der Waals surface area contributed by atoms with Crippen molar-refractivity contribution in [1.82, 2.24) is 4.98 Å². The minimum Gasteiger partial charge on any atom is -0.496 e. The summed E-state index contributed by atoms with van der Waals surface area (Å²) in [7, 11) is 1.61.